The van der Waals surface area contributed by atoms with Crippen molar-refractivity contribution < 1.29 is 9.18 Å². The van der Waals surface area contributed by atoms with Crippen LogP contribution in [0.1, 0.15) is 19.3 Å². The van der Waals surface area contributed by atoms with Gasteiger partial charge in [0.15, 0.2) is 0 Å². The van der Waals surface area contributed by atoms with Crippen molar-refractivity contribution in [3.8, 4) is 0 Å². The van der Waals surface area contributed by atoms with E-state index in [1.54, 1.807) is 6.07 Å². The van der Waals surface area contributed by atoms with E-state index in [0.29, 0.717) is 18.0 Å². The fourth-order valence-electron chi connectivity index (χ4n) is 1.38. The van der Waals surface area contributed by atoms with E-state index in [2.05, 4.69) is 5.32 Å². The number of nitrogens with one attached hydrogen (secondary N) is 1. The molecule has 0 saturated heterocycles. The van der Waals surface area contributed by atoms with E-state index in [4.69, 9.17) is 0 Å². The first kappa shape index (κ1) is 10.9. The number of carbonyl (C=O) groups excluding carboxylic acids is 1. The summed E-state index contributed by atoms with van der Waals surface area (Å²) in [6.45, 7) is 0. The number of halogens is 2. The summed E-state index contributed by atoms with van der Waals surface area (Å²) in [7, 11) is 0. The summed E-state index contributed by atoms with van der Waals surface area (Å²) >= 11 is 2.01. The molecule has 1 aromatic rings. The van der Waals surface area contributed by atoms with Gasteiger partial charge in [0.05, 0.1) is 5.69 Å². The van der Waals surface area contributed by atoms with Crippen LogP contribution < -0.4 is 5.32 Å². The molecule has 1 aliphatic rings. The van der Waals surface area contributed by atoms with Crippen LogP contribution in [-0.4, -0.2) is 5.91 Å². The summed E-state index contributed by atoms with van der Waals surface area (Å²) in [5.41, 5.74) is 0.697. The lowest BCUT2D eigenvalue weighted by Gasteiger charge is -2.06. The Bertz CT molecular complexity index is 390. The number of rotatable bonds is 3. The third kappa shape index (κ3) is 3.15. The van der Waals surface area contributed by atoms with Gasteiger partial charge in [-0.3, -0.25) is 4.79 Å². The zero-order valence-corrected chi connectivity index (χ0v) is 10.3. The predicted molar refractivity (Wildman–Crippen MR) is 65.1 cm³/mol. The Morgan fingerprint density at radius 2 is 2.27 bits per heavy atom. The van der Waals surface area contributed by atoms with Crippen molar-refractivity contribution in [1.29, 1.82) is 0 Å². The van der Waals surface area contributed by atoms with E-state index in [0.717, 1.165) is 16.4 Å². The van der Waals surface area contributed by atoms with Crippen LogP contribution in [0.5, 0.6) is 0 Å². The van der Waals surface area contributed by atoms with Crippen LogP contribution in [0, 0.1) is 15.3 Å². The quantitative estimate of drug-likeness (QED) is 0.852. The SMILES string of the molecule is O=C(CC1CC1)Nc1ccc(F)cc1I. The molecule has 0 bridgehead atoms. The van der Waals surface area contributed by atoms with Gasteiger partial charge in [0.1, 0.15) is 5.82 Å². The van der Waals surface area contributed by atoms with Gasteiger partial charge in [-0.25, -0.2) is 4.39 Å². The Kier molecular flexibility index (Phi) is 3.23. The number of benzene rings is 1. The number of anilines is 1. The average molecular weight is 319 g/mol. The Morgan fingerprint density at radius 1 is 1.53 bits per heavy atom. The molecular weight excluding hydrogens is 308 g/mol. The molecule has 1 N–H and O–H groups in total. The molecule has 1 saturated carbocycles. The second-order valence-corrected chi connectivity index (χ2v) is 4.98. The first-order valence-electron chi connectivity index (χ1n) is 4.90. The van der Waals surface area contributed by atoms with E-state index in [1.165, 1.54) is 12.1 Å². The van der Waals surface area contributed by atoms with Crippen molar-refractivity contribution in [2.24, 2.45) is 5.92 Å². The predicted octanol–water partition coefficient (Wildman–Crippen LogP) is 3.17. The monoisotopic (exact) mass is 319 g/mol. The molecule has 1 aromatic carbocycles. The largest absolute Gasteiger partial charge is 0.325 e. The van der Waals surface area contributed by atoms with Crippen LogP contribution in [0.25, 0.3) is 0 Å². The molecule has 4 heteroatoms. The summed E-state index contributed by atoms with van der Waals surface area (Å²) in [5.74, 6) is 0.324. The molecule has 1 aliphatic carbocycles. The summed E-state index contributed by atoms with van der Waals surface area (Å²) in [6.07, 6.45) is 2.91. The van der Waals surface area contributed by atoms with Crippen LogP contribution in [0.3, 0.4) is 0 Å². The molecule has 1 fully saturated rings. The fourth-order valence-corrected chi connectivity index (χ4v) is 1.99. The minimum Gasteiger partial charge on any atom is -0.325 e. The third-order valence-electron chi connectivity index (χ3n) is 2.38. The van der Waals surface area contributed by atoms with Gasteiger partial charge in [0, 0.05) is 9.99 Å². The summed E-state index contributed by atoms with van der Waals surface area (Å²) in [4.78, 5) is 11.5. The minimum absolute atomic E-state index is 0.0297. The standard InChI is InChI=1S/C11H11FINO/c12-8-3-4-10(9(13)6-8)14-11(15)5-7-1-2-7/h3-4,6-7H,1-2,5H2,(H,14,15). The lowest BCUT2D eigenvalue weighted by atomic mass is 10.2. The Labute approximate surface area is 101 Å². The van der Waals surface area contributed by atoms with E-state index < -0.39 is 0 Å². The second kappa shape index (κ2) is 4.47. The topological polar surface area (TPSA) is 29.1 Å². The molecule has 15 heavy (non-hydrogen) atoms. The molecule has 0 atom stereocenters. The highest BCUT2D eigenvalue weighted by molar-refractivity contribution is 14.1. The van der Waals surface area contributed by atoms with E-state index >= 15 is 0 Å². The molecule has 0 aliphatic heterocycles. The van der Waals surface area contributed by atoms with Crippen molar-refractivity contribution in [2.45, 2.75) is 19.3 Å². The van der Waals surface area contributed by atoms with Crippen LogP contribution >= 0.6 is 22.6 Å². The summed E-state index contributed by atoms with van der Waals surface area (Å²) in [6, 6.07) is 4.37. The first-order valence-corrected chi connectivity index (χ1v) is 5.98. The first-order chi connectivity index (χ1) is 7.15. The normalized spacial score (nSPS) is 15.1. The lowest BCUT2D eigenvalue weighted by Crippen LogP contribution is -2.12. The Hall–Kier alpha value is -0.650. The zero-order chi connectivity index (χ0) is 10.8. The number of hydrogen-bond acceptors (Lipinski definition) is 1. The van der Waals surface area contributed by atoms with Gasteiger partial charge in [0.25, 0.3) is 0 Å². The highest BCUT2D eigenvalue weighted by Gasteiger charge is 2.24. The summed E-state index contributed by atoms with van der Waals surface area (Å²) < 4.78 is 13.5. The van der Waals surface area contributed by atoms with E-state index in [1.807, 2.05) is 22.6 Å². The highest BCUT2D eigenvalue weighted by atomic mass is 127. The molecule has 80 valence electrons. The molecule has 1 amide bonds. The van der Waals surface area contributed by atoms with Gasteiger partial charge in [-0.05, 0) is 59.5 Å². The van der Waals surface area contributed by atoms with Gasteiger partial charge < -0.3 is 5.32 Å². The van der Waals surface area contributed by atoms with Crippen molar-refractivity contribution in [3.63, 3.8) is 0 Å². The van der Waals surface area contributed by atoms with E-state index in [9.17, 15) is 9.18 Å². The molecule has 2 rings (SSSR count). The molecule has 0 heterocycles. The highest BCUT2D eigenvalue weighted by Crippen LogP contribution is 2.32. The maximum absolute atomic E-state index is 12.8. The molecule has 0 unspecified atom stereocenters. The number of hydrogen-bond donors (Lipinski definition) is 1. The van der Waals surface area contributed by atoms with Crippen LogP contribution in [0.2, 0.25) is 0 Å². The third-order valence-corrected chi connectivity index (χ3v) is 3.27. The Morgan fingerprint density at radius 3 is 2.87 bits per heavy atom. The van der Waals surface area contributed by atoms with Gasteiger partial charge in [-0.1, -0.05) is 0 Å². The molecule has 0 aromatic heterocycles. The molecule has 2 nitrogen and oxygen atoms in total. The Balaban J connectivity index is 1.99. The maximum Gasteiger partial charge on any atom is 0.224 e. The van der Waals surface area contributed by atoms with Crippen LogP contribution in [0.15, 0.2) is 18.2 Å². The molecule has 0 radical (unpaired) electrons. The smallest absolute Gasteiger partial charge is 0.224 e. The van der Waals surface area contributed by atoms with E-state index in [-0.39, 0.29) is 11.7 Å². The molecular formula is C11H11FINO. The van der Waals surface area contributed by atoms with Crippen LogP contribution in [-0.2, 0) is 4.79 Å². The van der Waals surface area contributed by atoms with Crippen molar-refractivity contribution >= 4 is 34.2 Å². The summed E-state index contributed by atoms with van der Waals surface area (Å²) in [5, 5.41) is 2.80. The van der Waals surface area contributed by atoms with Crippen molar-refractivity contribution in [3.05, 3.63) is 27.6 Å². The van der Waals surface area contributed by atoms with Gasteiger partial charge in [0.2, 0.25) is 5.91 Å². The van der Waals surface area contributed by atoms with Crippen molar-refractivity contribution in [1.82, 2.24) is 0 Å². The van der Waals surface area contributed by atoms with Gasteiger partial charge in [-0.15, -0.1) is 0 Å². The fraction of sp³-hybridized carbons (Fsp3) is 0.364. The minimum atomic E-state index is -0.278. The molecule has 0 spiro atoms. The lowest BCUT2D eigenvalue weighted by molar-refractivity contribution is -0.116. The van der Waals surface area contributed by atoms with Crippen molar-refractivity contribution in [2.75, 3.05) is 5.32 Å². The van der Waals surface area contributed by atoms with Gasteiger partial charge in [-0.2, -0.15) is 0 Å². The zero-order valence-electron chi connectivity index (χ0n) is 8.09. The van der Waals surface area contributed by atoms with Crippen LogP contribution in [0.4, 0.5) is 10.1 Å². The number of carbonyl (C=O) groups is 1. The maximum atomic E-state index is 12.8. The average Bonchev–Trinajstić information content (AvgIpc) is 2.94. The second-order valence-electron chi connectivity index (χ2n) is 3.82. The number of amides is 1. The van der Waals surface area contributed by atoms with Gasteiger partial charge >= 0.3 is 0 Å².